The van der Waals surface area contributed by atoms with Gasteiger partial charge in [-0.05, 0) is 37.5 Å². The first kappa shape index (κ1) is 27.6. The number of carbonyl (C=O) groups is 1. The summed E-state index contributed by atoms with van der Waals surface area (Å²) in [5, 5.41) is 18.4. The van der Waals surface area contributed by atoms with E-state index in [-0.39, 0.29) is 47.5 Å². The highest BCUT2D eigenvalue weighted by molar-refractivity contribution is 7.84. The van der Waals surface area contributed by atoms with Crippen LogP contribution in [0.4, 0.5) is 14.6 Å². The molecule has 1 aliphatic carbocycles. The summed E-state index contributed by atoms with van der Waals surface area (Å²) in [6, 6.07) is 4.42. The van der Waals surface area contributed by atoms with Crippen molar-refractivity contribution in [1.29, 1.82) is 0 Å². The van der Waals surface area contributed by atoms with Crippen molar-refractivity contribution in [3.63, 3.8) is 0 Å². The van der Waals surface area contributed by atoms with Gasteiger partial charge in [-0.3, -0.25) is 14.0 Å². The maximum absolute atomic E-state index is 14.4. The summed E-state index contributed by atoms with van der Waals surface area (Å²) in [4.78, 5) is 26.7. The fraction of sp³-hybridized carbons (Fsp3) is 0.417. The molecule has 1 aliphatic heterocycles. The van der Waals surface area contributed by atoms with E-state index in [2.05, 4.69) is 24.5 Å². The molecule has 3 aromatic rings. The number of nitrogens with one attached hydrogen (secondary N) is 1. The second kappa shape index (κ2) is 10.6. The number of rotatable bonds is 8. The number of hydrogen-bond donors (Lipinski definition) is 3. The minimum absolute atomic E-state index is 0.183. The maximum atomic E-state index is 14.4. The fourth-order valence-corrected chi connectivity index (χ4v) is 6.29. The van der Waals surface area contributed by atoms with Gasteiger partial charge in [-0.2, -0.15) is 17.2 Å². The highest BCUT2D eigenvalue weighted by Gasteiger charge is 2.44. The standard InChI is InChI=1S/C24H25F2N5O6S2/c1-12-16(21-15-3-2-4-29-22(15)24(25,26)10-36-21)7-19(38-12)20(33)17-8-28-11-30-23(17)31-14-5-13(18(32)6-14)9-37-39(27,34)35/h2-4,7-8,11,13-14,18,21,32H,5-6,9-10H2,1H3,(H2,27,34,35)(H,28,30,31)/t13-,14-,18+,21-/m1/s1. The SMILES string of the molecule is Cc1sc(C(=O)c2cncnc2N[C@@H]2C[C@H](COS(N)(=O)=O)[C@@H](O)C2)cc1[C@@H]1OCC(F)(F)c2ncccc21. The van der Waals surface area contributed by atoms with Crippen LogP contribution in [0.2, 0.25) is 0 Å². The Morgan fingerprint density at radius 1 is 1.33 bits per heavy atom. The average molecular weight is 582 g/mol. The minimum atomic E-state index is -4.14. The quantitative estimate of drug-likeness (QED) is 0.336. The zero-order valence-corrected chi connectivity index (χ0v) is 22.2. The van der Waals surface area contributed by atoms with Crippen molar-refractivity contribution >= 4 is 33.2 Å². The average Bonchev–Trinajstić information content (AvgIpc) is 3.44. The molecule has 0 saturated heterocycles. The number of aliphatic hydroxyl groups excluding tert-OH is 1. The van der Waals surface area contributed by atoms with Gasteiger partial charge in [0.1, 0.15) is 30.5 Å². The van der Waals surface area contributed by atoms with Crippen LogP contribution >= 0.6 is 11.3 Å². The molecule has 5 rings (SSSR count). The van der Waals surface area contributed by atoms with Crippen molar-refractivity contribution in [2.75, 3.05) is 18.5 Å². The summed E-state index contributed by atoms with van der Waals surface area (Å²) in [6.45, 7) is 0.698. The van der Waals surface area contributed by atoms with E-state index in [1.165, 1.54) is 30.1 Å². The van der Waals surface area contributed by atoms with Crippen molar-refractivity contribution in [1.82, 2.24) is 15.0 Å². The number of halogens is 2. The lowest BCUT2D eigenvalue weighted by atomic mass is 9.95. The van der Waals surface area contributed by atoms with Crippen LogP contribution in [0.15, 0.2) is 36.9 Å². The number of alkyl halides is 2. The number of pyridine rings is 1. The molecule has 15 heteroatoms. The zero-order valence-electron chi connectivity index (χ0n) is 20.6. The Morgan fingerprint density at radius 3 is 2.90 bits per heavy atom. The lowest BCUT2D eigenvalue weighted by molar-refractivity contribution is -0.119. The number of aryl methyl sites for hydroxylation is 1. The third-order valence-corrected chi connectivity index (χ3v) is 8.29. The number of aliphatic hydroxyl groups is 1. The predicted molar refractivity (Wildman–Crippen MR) is 136 cm³/mol. The lowest BCUT2D eigenvalue weighted by Crippen LogP contribution is -2.32. The number of ether oxygens (including phenoxy) is 1. The van der Waals surface area contributed by atoms with Gasteiger partial charge in [-0.1, -0.05) is 6.07 Å². The van der Waals surface area contributed by atoms with Crippen LogP contribution in [0.3, 0.4) is 0 Å². The molecule has 1 saturated carbocycles. The normalized spacial score (nSPS) is 24.3. The summed E-state index contributed by atoms with van der Waals surface area (Å²) in [7, 11) is -4.14. The molecule has 0 aromatic carbocycles. The summed E-state index contributed by atoms with van der Waals surface area (Å²) in [6.07, 6.45) is 2.95. The number of carbonyl (C=O) groups excluding carboxylic acids is 1. The Labute approximate surface area is 226 Å². The van der Waals surface area contributed by atoms with E-state index < -0.39 is 41.0 Å². The van der Waals surface area contributed by atoms with Gasteiger partial charge in [0.15, 0.2) is 0 Å². The van der Waals surface area contributed by atoms with E-state index in [4.69, 9.17) is 9.88 Å². The van der Waals surface area contributed by atoms with Crippen LogP contribution in [0.25, 0.3) is 0 Å². The number of hydrogen-bond acceptors (Lipinski definition) is 11. The van der Waals surface area contributed by atoms with E-state index >= 15 is 0 Å². The van der Waals surface area contributed by atoms with Gasteiger partial charge in [0.2, 0.25) is 5.78 Å². The Hall–Kier alpha value is -2.95. The molecule has 2 aliphatic rings. The van der Waals surface area contributed by atoms with Crippen LogP contribution < -0.4 is 10.5 Å². The van der Waals surface area contributed by atoms with Crippen molar-refractivity contribution < 1.29 is 36.0 Å². The van der Waals surface area contributed by atoms with Crippen molar-refractivity contribution in [2.45, 2.75) is 43.9 Å². The highest BCUT2D eigenvalue weighted by atomic mass is 32.2. The molecule has 39 heavy (non-hydrogen) atoms. The molecular weight excluding hydrogens is 556 g/mol. The van der Waals surface area contributed by atoms with Crippen molar-refractivity contribution in [2.24, 2.45) is 11.1 Å². The first-order valence-corrected chi connectivity index (χ1v) is 14.2. The summed E-state index contributed by atoms with van der Waals surface area (Å²) in [5.74, 6) is -3.83. The Bertz CT molecular complexity index is 1500. The third kappa shape index (κ3) is 5.83. The first-order chi connectivity index (χ1) is 18.4. The van der Waals surface area contributed by atoms with Crippen molar-refractivity contribution in [3.05, 3.63) is 69.1 Å². The molecule has 0 amide bonds. The van der Waals surface area contributed by atoms with Gasteiger partial charge < -0.3 is 15.2 Å². The van der Waals surface area contributed by atoms with E-state index in [1.807, 2.05) is 0 Å². The second-order valence-corrected chi connectivity index (χ2v) is 12.0. The van der Waals surface area contributed by atoms with E-state index in [1.54, 1.807) is 25.1 Å². The number of nitrogens with zero attached hydrogens (tertiary/aromatic N) is 3. The van der Waals surface area contributed by atoms with Crippen LogP contribution in [0.1, 0.15) is 55.9 Å². The molecule has 1 fully saturated rings. The molecule has 0 radical (unpaired) electrons. The number of aromatic nitrogens is 3. The topological polar surface area (TPSA) is 167 Å². The van der Waals surface area contributed by atoms with Gasteiger partial charge in [0, 0.05) is 34.8 Å². The third-order valence-electron chi connectivity index (χ3n) is 6.76. The molecule has 0 bridgehead atoms. The van der Waals surface area contributed by atoms with Crippen LogP contribution in [-0.2, 0) is 25.1 Å². The number of nitrogens with two attached hydrogens (primary N) is 1. The monoisotopic (exact) mass is 581 g/mol. The number of anilines is 1. The minimum Gasteiger partial charge on any atom is -0.393 e. The van der Waals surface area contributed by atoms with E-state index in [0.29, 0.717) is 16.9 Å². The highest BCUT2D eigenvalue weighted by Crippen LogP contribution is 2.44. The molecular formula is C24H25F2N5O6S2. The Morgan fingerprint density at radius 2 is 2.13 bits per heavy atom. The van der Waals surface area contributed by atoms with Crippen LogP contribution in [0.5, 0.6) is 0 Å². The van der Waals surface area contributed by atoms with E-state index in [9.17, 15) is 27.1 Å². The van der Waals surface area contributed by atoms with Gasteiger partial charge in [0.25, 0.3) is 0 Å². The second-order valence-electron chi connectivity index (χ2n) is 9.49. The molecule has 4 atom stereocenters. The van der Waals surface area contributed by atoms with Gasteiger partial charge in [-0.25, -0.2) is 15.1 Å². The Kier molecular flexibility index (Phi) is 7.47. The number of thiophene rings is 1. The summed E-state index contributed by atoms with van der Waals surface area (Å²) in [5.41, 5.74) is 0.687. The van der Waals surface area contributed by atoms with Gasteiger partial charge in [-0.15, -0.1) is 11.3 Å². The van der Waals surface area contributed by atoms with Crippen molar-refractivity contribution in [3.8, 4) is 0 Å². The smallest absolute Gasteiger partial charge is 0.333 e. The van der Waals surface area contributed by atoms with Crippen LogP contribution in [-0.4, -0.2) is 59.6 Å². The lowest BCUT2D eigenvalue weighted by Gasteiger charge is -2.30. The van der Waals surface area contributed by atoms with Gasteiger partial charge >= 0.3 is 16.2 Å². The van der Waals surface area contributed by atoms with E-state index in [0.717, 1.165) is 4.88 Å². The van der Waals surface area contributed by atoms with Gasteiger partial charge in [0.05, 0.1) is 23.2 Å². The molecule has 0 unspecified atom stereocenters. The maximum Gasteiger partial charge on any atom is 0.333 e. The molecule has 4 heterocycles. The zero-order chi connectivity index (χ0) is 27.9. The summed E-state index contributed by atoms with van der Waals surface area (Å²) >= 11 is 1.20. The molecule has 0 spiro atoms. The largest absolute Gasteiger partial charge is 0.393 e. The molecule has 11 nitrogen and oxygen atoms in total. The molecule has 4 N–H and O–H groups in total. The summed E-state index contributed by atoms with van der Waals surface area (Å²) < 4.78 is 61.1. The Balaban J connectivity index is 1.36. The molecule has 208 valence electrons. The van der Waals surface area contributed by atoms with Crippen LogP contribution in [0, 0.1) is 12.8 Å². The molecule has 3 aromatic heterocycles. The first-order valence-electron chi connectivity index (χ1n) is 11.9. The predicted octanol–water partition coefficient (Wildman–Crippen LogP) is 2.46. The number of fused-ring (bicyclic) bond motifs is 1. The fourth-order valence-electron chi connectivity index (χ4n) is 4.93. The number of ketones is 1.